The first kappa shape index (κ1) is 15.3. The first-order valence-corrected chi connectivity index (χ1v) is 7.63. The number of aryl methyl sites for hydroxylation is 1. The van der Waals surface area contributed by atoms with Crippen molar-refractivity contribution in [3.05, 3.63) is 29.3 Å². The van der Waals surface area contributed by atoms with E-state index < -0.39 is 0 Å². The Balaban J connectivity index is 1.83. The molecule has 20 heavy (non-hydrogen) atoms. The second-order valence-electron chi connectivity index (χ2n) is 5.86. The molecule has 112 valence electrons. The molecule has 2 unspecified atom stereocenters. The van der Waals surface area contributed by atoms with E-state index in [1.807, 2.05) is 0 Å². The van der Waals surface area contributed by atoms with Crippen LogP contribution in [0.3, 0.4) is 0 Å². The molecule has 0 spiro atoms. The molecule has 2 atom stereocenters. The van der Waals surface area contributed by atoms with E-state index in [4.69, 9.17) is 9.47 Å². The largest absolute Gasteiger partial charge is 0.493 e. The van der Waals surface area contributed by atoms with Crippen LogP contribution < -0.4 is 10.1 Å². The molecular weight excluding hydrogens is 250 g/mol. The minimum Gasteiger partial charge on any atom is -0.493 e. The molecule has 1 aliphatic heterocycles. The lowest BCUT2D eigenvalue weighted by Gasteiger charge is -2.20. The van der Waals surface area contributed by atoms with Gasteiger partial charge in [-0.2, -0.15) is 0 Å². The number of ether oxygens (including phenoxy) is 2. The van der Waals surface area contributed by atoms with Gasteiger partial charge in [0.25, 0.3) is 0 Å². The average molecular weight is 277 g/mol. The summed E-state index contributed by atoms with van der Waals surface area (Å²) < 4.78 is 10.8. The Morgan fingerprint density at radius 2 is 2.25 bits per heavy atom. The molecule has 3 nitrogen and oxygen atoms in total. The number of hydrogen-bond acceptors (Lipinski definition) is 3. The van der Waals surface area contributed by atoms with Gasteiger partial charge in [0.2, 0.25) is 0 Å². The Morgan fingerprint density at radius 1 is 1.40 bits per heavy atom. The first-order chi connectivity index (χ1) is 9.72. The van der Waals surface area contributed by atoms with E-state index in [2.05, 4.69) is 37.5 Å². The lowest BCUT2D eigenvalue weighted by molar-refractivity contribution is 0.149. The van der Waals surface area contributed by atoms with Crippen molar-refractivity contribution in [2.45, 2.75) is 38.6 Å². The van der Waals surface area contributed by atoms with Gasteiger partial charge in [-0.3, -0.25) is 0 Å². The van der Waals surface area contributed by atoms with Crippen LogP contribution in [-0.2, 0) is 17.6 Å². The molecule has 0 fully saturated rings. The molecular formula is C17H27NO2. The van der Waals surface area contributed by atoms with E-state index in [0.29, 0.717) is 12.0 Å². The number of nitrogens with one attached hydrogen (secondary N) is 1. The van der Waals surface area contributed by atoms with Crippen molar-refractivity contribution in [2.75, 3.05) is 27.4 Å². The molecule has 0 aliphatic carbocycles. The van der Waals surface area contributed by atoms with E-state index >= 15 is 0 Å². The van der Waals surface area contributed by atoms with Gasteiger partial charge < -0.3 is 14.8 Å². The van der Waals surface area contributed by atoms with Crippen LogP contribution in [0.1, 0.15) is 30.9 Å². The molecule has 0 saturated carbocycles. The third-order valence-electron chi connectivity index (χ3n) is 4.08. The van der Waals surface area contributed by atoms with Crippen LogP contribution in [0.25, 0.3) is 0 Å². The van der Waals surface area contributed by atoms with Crippen LogP contribution in [0.5, 0.6) is 5.75 Å². The molecule has 0 saturated heterocycles. The van der Waals surface area contributed by atoms with E-state index in [9.17, 15) is 0 Å². The van der Waals surface area contributed by atoms with Crippen LogP contribution in [0.15, 0.2) is 18.2 Å². The van der Waals surface area contributed by atoms with E-state index in [-0.39, 0.29) is 0 Å². The summed E-state index contributed by atoms with van der Waals surface area (Å²) in [6, 6.07) is 7.20. The summed E-state index contributed by atoms with van der Waals surface area (Å²) in [5.74, 6) is 1.68. The van der Waals surface area contributed by atoms with Crippen molar-refractivity contribution in [1.29, 1.82) is 0 Å². The summed E-state index contributed by atoms with van der Waals surface area (Å²) in [5, 5.41) is 3.43. The lowest BCUT2D eigenvalue weighted by Crippen LogP contribution is -2.29. The lowest BCUT2D eigenvalue weighted by atomic mass is 9.96. The number of benzene rings is 1. The highest BCUT2D eigenvalue weighted by molar-refractivity contribution is 5.39. The van der Waals surface area contributed by atoms with Gasteiger partial charge in [-0.05, 0) is 49.4 Å². The SMILES string of the molecule is CNC(CCc1ccc2c(c1)CCO2)CC(C)COC. The summed E-state index contributed by atoms with van der Waals surface area (Å²) in [5.41, 5.74) is 2.80. The van der Waals surface area contributed by atoms with Gasteiger partial charge in [-0.15, -0.1) is 0 Å². The molecule has 1 N–H and O–H groups in total. The number of methoxy groups -OCH3 is 1. The molecule has 0 bridgehead atoms. The Labute approximate surface area is 122 Å². The van der Waals surface area contributed by atoms with Crippen LogP contribution in [0.2, 0.25) is 0 Å². The fourth-order valence-corrected chi connectivity index (χ4v) is 2.95. The van der Waals surface area contributed by atoms with Gasteiger partial charge in [0.05, 0.1) is 6.61 Å². The Bertz CT molecular complexity index is 419. The predicted octanol–water partition coefficient (Wildman–Crippen LogP) is 2.81. The van der Waals surface area contributed by atoms with Gasteiger partial charge in [0.15, 0.2) is 0 Å². The summed E-state index contributed by atoms with van der Waals surface area (Å²) >= 11 is 0. The van der Waals surface area contributed by atoms with Gasteiger partial charge in [-0.1, -0.05) is 19.1 Å². The van der Waals surface area contributed by atoms with E-state index in [1.54, 1.807) is 7.11 Å². The van der Waals surface area contributed by atoms with Gasteiger partial charge in [-0.25, -0.2) is 0 Å². The normalized spacial score (nSPS) is 16.6. The zero-order valence-electron chi connectivity index (χ0n) is 12.9. The zero-order valence-corrected chi connectivity index (χ0v) is 12.9. The predicted molar refractivity (Wildman–Crippen MR) is 82.5 cm³/mol. The van der Waals surface area contributed by atoms with Crippen molar-refractivity contribution in [3.8, 4) is 5.75 Å². The summed E-state index contributed by atoms with van der Waals surface area (Å²) in [4.78, 5) is 0. The second-order valence-corrected chi connectivity index (χ2v) is 5.86. The van der Waals surface area contributed by atoms with Gasteiger partial charge in [0, 0.05) is 26.2 Å². The van der Waals surface area contributed by atoms with E-state index in [1.165, 1.54) is 24.0 Å². The van der Waals surface area contributed by atoms with Crippen molar-refractivity contribution >= 4 is 0 Å². The molecule has 1 aliphatic rings. The Hall–Kier alpha value is -1.06. The Kier molecular flexibility index (Phi) is 5.86. The third-order valence-corrected chi connectivity index (χ3v) is 4.08. The summed E-state index contributed by atoms with van der Waals surface area (Å²) in [6.07, 6.45) is 4.52. The molecule has 1 heterocycles. The van der Waals surface area contributed by atoms with Crippen LogP contribution in [0.4, 0.5) is 0 Å². The van der Waals surface area contributed by atoms with Crippen molar-refractivity contribution in [2.24, 2.45) is 5.92 Å². The highest BCUT2D eigenvalue weighted by Gasteiger charge is 2.14. The fraction of sp³-hybridized carbons (Fsp3) is 0.647. The molecule has 0 aromatic heterocycles. The summed E-state index contributed by atoms with van der Waals surface area (Å²) in [6.45, 7) is 3.93. The smallest absolute Gasteiger partial charge is 0.122 e. The van der Waals surface area contributed by atoms with Crippen LogP contribution >= 0.6 is 0 Å². The topological polar surface area (TPSA) is 30.5 Å². The number of rotatable bonds is 8. The van der Waals surface area contributed by atoms with Crippen molar-refractivity contribution in [1.82, 2.24) is 5.32 Å². The van der Waals surface area contributed by atoms with Crippen LogP contribution in [0, 0.1) is 5.92 Å². The van der Waals surface area contributed by atoms with Gasteiger partial charge >= 0.3 is 0 Å². The minimum absolute atomic E-state index is 0.560. The highest BCUT2D eigenvalue weighted by atomic mass is 16.5. The monoisotopic (exact) mass is 277 g/mol. The maximum absolute atomic E-state index is 5.55. The molecule has 1 aromatic rings. The van der Waals surface area contributed by atoms with E-state index in [0.717, 1.165) is 31.8 Å². The number of hydrogen-bond donors (Lipinski definition) is 1. The van der Waals surface area contributed by atoms with Crippen LogP contribution in [-0.4, -0.2) is 33.4 Å². The zero-order chi connectivity index (χ0) is 14.4. The van der Waals surface area contributed by atoms with Crippen molar-refractivity contribution in [3.63, 3.8) is 0 Å². The third kappa shape index (κ3) is 4.22. The Morgan fingerprint density at radius 3 is 3.00 bits per heavy atom. The first-order valence-electron chi connectivity index (χ1n) is 7.63. The maximum atomic E-state index is 5.55. The summed E-state index contributed by atoms with van der Waals surface area (Å²) in [7, 11) is 3.83. The fourth-order valence-electron chi connectivity index (χ4n) is 2.95. The standard InChI is InChI=1S/C17H27NO2/c1-13(12-19-3)10-16(18-2)6-4-14-5-7-17-15(11-14)8-9-20-17/h5,7,11,13,16,18H,4,6,8-10,12H2,1-3H3. The molecule has 3 heteroatoms. The molecule has 0 amide bonds. The quantitative estimate of drug-likeness (QED) is 0.792. The van der Waals surface area contributed by atoms with Crippen molar-refractivity contribution < 1.29 is 9.47 Å². The molecule has 0 radical (unpaired) electrons. The average Bonchev–Trinajstić information content (AvgIpc) is 2.91. The highest BCUT2D eigenvalue weighted by Crippen LogP contribution is 2.26. The minimum atomic E-state index is 0.560. The number of fused-ring (bicyclic) bond motifs is 1. The maximum Gasteiger partial charge on any atom is 0.122 e. The molecule has 1 aromatic carbocycles. The van der Waals surface area contributed by atoms with Gasteiger partial charge in [0.1, 0.15) is 5.75 Å². The second kappa shape index (κ2) is 7.65. The molecule has 2 rings (SSSR count).